The number of alkyl halides is 2. The Bertz CT molecular complexity index is 803. The van der Waals surface area contributed by atoms with Crippen molar-refractivity contribution in [2.75, 3.05) is 6.61 Å². The van der Waals surface area contributed by atoms with E-state index in [9.17, 15) is 18.0 Å². The fourth-order valence-electron chi connectivity index (χ4n) is 2.07. The average molecular weight is 321 g/mol. The van der Waals surface area contributed by atoms with Crippen LogP contribution in [0, 0.1) is 17.7 Å². The van der Waals surface area contributed by atoms with Crippen LogP contribution in [0.1, 0.15) is 6.92 Å². The monoisotopic (exact) mass is 321 g/mol. The SMILES string of the molecule is CC#CCOc1ccc(-c2cccc(=O)n2CC(F)F)c(F)c1. The van der Waals surface area contributed by atoms with Gasteiger partial charge in [-0.3, -0.25) is 4.79 Å². The van der Waals surface area contributed by atoms with Crippen molar-refractivity contribution in [3.63, 3.8) is 0 Å². The van der Waals surface area contributed by atoms with Crippen molar-refractivity contribution in [1.82, 2.24) is 4.57 Å². The smallest absolute Gasteiger partial charge is 0.256 e. The summed E-state index contributed by atoms with van der Waals surface area (Å²) >= 11 is 0. The number of benzene rings is 1. The van der Waals surface area contributed by atoms with Crippen molar-refractivity contribution in [1.29, 1.82) is 0 Å². The Labute approximate surface area is 131 Å². The van der Waals surface area contributed by atoms with E-state index in [4.69, 9.17) is 4.74 Å². The van der Waals surface area contributed by atoms with Gasteiger partial charge in [0.1, 0.15) is 18.2 Å². The van der Waals surface area contributed by atoms with Gasteiger partial charge in [-0.1, -0.05) is 12.0 Å². The first kappa shape index (κ1) is 16.7. The van der Waals surface area contributed by atoms with E-state index < -0.39 is 24.3 Å². The highest BCUT2D eigenvalue weighted by molar-refractivity contribution is 5.61. The van der Waals surface area contributed by atoms with Gasteiger partial charge >= 0.3 is 0 Å². The lowest BCUT2D eigenvalue weighted by atomic mass is 10.1. The molecule has 0 bridgehead atoms. The zero-order valence-electron chi connectivity index (χ0n) is 12.4. The van der Waals surface area contributed by atoms with Gasteiger partial charge in [0.2, 0.25) is 0 Å². The summed E-state index contributed by atoms with van der Waals surface area (Å²) in [6.45, 7) is 0.986. The summed E-state index contributed by atoms with van der Waals surface area (Å²) in [5, 5.41) is 0. The van der Waals surface area contributed by atoms with Crippen LogP contribution in [-0.2, 0) is 6.54 Å². The first-order valence-electron chi connectivity index (χ1n) is 6.83. The quantitative estimate of drug-likeness (QED) is 0.791. The lowest BCUT2D eigenvalue weighted by Gasteiger charge is -2.13. The molecule has 0 fully saturated rings. The van der Waals surface area contributed by atoms with Crippen LogP contribution < -0.4 is 10.3 Å². The molecule has 0 unspecified atom stereocenters. The summed E-state index contributed by atoms with van der Waals surface area (Å²) < 4.78 is 45.7. The van der Waals surface area contributed by atoms with E-state index in [1.165, 1.54) is 24.3 Å². The molecule has 120 valence electrons. The Kier molecular flexibility index (Phi) is 5.47. The molecular formula is C17H14F3NO2. The van der Waals surface area contributed by atoms with E-state index in [-0.39, 0.29) is 23.6 Å². The van der Waals surface area contributed by atoms with Crippen molar-refractivity contribution in [2.45, 2.75) is 19.9 Å². The van der Waals surface area contributed by atoms with Gasteiger partial charge in [-0.2, -0.15) is 0 Å². The van der Waals surface area contributed by atoms with Gasteiger partial charge in [-0.05, 0) is 25.1 Å². The molecule has 0 N–H and O–H groups in total. The summed E-state index contributed by atoms with van der Waals surface area (Å²) in [5.41, 5.74) is -0.465. The van der Waals surface area contributed by atoms with Gasteiger partial charge in [0.05, 0.1) is 12.2 Å². The highest BCUT2D eigenvalue weighted by Crippen LogP contribution is 2.26. The second-order valence-corrected chi connectivity index (χ2v) is 4.61. The minimum absolute atomic E-state index is 0.0530. The number of nitrogens with zero attached hydrogens (tertiary/aromatic N) is 1. The van der Waals surface area contributed by atoms with Crippen LogP contribution in [0.25, 0.3) is 11.3 Å². The van der Waals surface area contributed by atoms with Crippen LogP contribution in [0.4, 0.5) is 13.2 Å². The number of rotatable bonds is 5. The first-order valence-corrected chi connectivity index (χ1v) is 6.83. The maximum absolute atomic E-state index is 14.3. The molecule has 23 heavy (non-hydrogen) atoms. The maximum atomic E-state index is 14.3. The number of ether oxygens (including phenoxy) is 1. The molecule has 0 saturated carbocycles. The van der Waals surface area contributed by atoms with Crippen LogP contribution in [0.5, 0.6) is 5.75 Å². The molecule has 1 heterocycles. The predicted molar refractivity (Wildman–Crippen MR) is 81.0 cm³/mol. The Morgan fingerprint density at radius 2 is 2.04 bits per heavy atom. The molecule has 1 aromatic carbocycles. The number of aromatic nitrogens is 1. The van der Waals surface area contributed by atoms with Crippen LogP contribution in [-0.4, -0.2) is 17.6 Å². The standard InChI is InChI=1S/C17H14F3NO2/c1-2-3-9-23-12-7-8-13(14(18)10-12)15-5-4-6-17(22)21(15)11-16(19)20/h4-8,10,16H,9,11H2,1H3. The largest absolute Gasteiger partial charge is 0.481 e. The van der Waals surface area contributed by atoms with E-state index in [0.717, 1.165) is 16.7 Å². The summed E-state index contributed by atoms with van der Waals surface area (Å²) in [6, 6.07) is 8.01. The van der Waals surface area contributed by atoms with E-state index in [0.29, 0.717) is 0 Å². The Hall–Kier alpha value is -2.68. The Balaban J connectivity index is 2.40. The molecule has 6 heteroatoms. The third-order valence-corrected chi connectivity index (χ3v) is 3.07. The van der Waals surface area contributed by atoms with Crippen molar-refractivity contribution in [3.05, 3.63) is 52.6 Å². The van der Waals surface area contributed by atoms with Gasteiger partial charge < -0.3 is 9.30 Å². The minimum Gasteiger partial charge on any atom is -0.481 e. The molecule has 3 nitrogen and oxygen atoms in total. The molecule has 2 aromatic rings. The first-order chi connectivity index (χ1) is 11.0. The van der Waals surface area contributed by atoms with Crippen molar-refractivity contribution in [3.8, 4) is 28.8 Å². The molecule has 0 saturated heterocycles. The second-order valence-electron chi connectivity index (χ2n) is 4.61. The van der Waals surface area contributed by atoms with Crippen molar-refractivity contribution < 1.29 is 17.9 Å². The summed E-state index contributed by atoms with van der Waals surface area (Å²) in [6.07, 6.45) is -2.72. The van der Waals surface area contributed by atoms with Gasteiger partial charge in [-0.15, -0.1) is 5.92 Å². The third kappa shape index (κ3) is 4.16. The molecule has 0 aliphatic heterocycles. The maximum Gasteiger partial charge on any atom is 0.256 e. The molecule has 0 aliphatic rings. The second kappa shape index (κ2) is 7.54. The van der Waals surface area contributed by atoms with Crippen LogP contribution in [0.15, 0.2) is 41.2 Å². The zero-order chi connectivity index (χ0) is 16.8. The summed E-state index contributed by atoms with van der Waals surface area (Å²) in [5.74, 6) is 4.93. The summed E-state index contributed by atoms with van der Waals surface area (Å²) in [7, 11) is 0. The number of hydrogen-bond acceptors (Lipinski definition) is 2. The van der Waals surface area contributed by atoms with Gasteiger partial charge in [0.25, 0.3) is 12.0 Å². The Morgan fingerprint density at radius 1 is 1.26 bits per heavy atom. The van der Waals surface area contributed by atoms with E-state index >= 15 is 0 Å². The molecule has 0 radical (unpaired) electrons. The predicted octanol–water partition coefficient (Wildman–Crippen LogP) is 3.32. The van der Waals surface area contributed by atoms with E-state index in [2.05, 4.69) is 11.8 Å². The fraction of sp³-hybridized carbons (Fsp3) is 0.235. The number of pyridine rings is 1. The lowest BCUT2D eigenvalue weighted by Crippen LogP contribution is -2.24. The normalized spacial score (nSPS) is 10.3. The van der Waals surface area contributed by atoms with Gasteiger partial charge in [0, 0.05) is 17.7 Å². The van der Waals surface area contributed by atoms with Gasteiger partial charge in [-0.25, -0.2) is 13.2 Å². The highest BCUT2D eigenvalue weighted by atomic mass is 19.3. The Morgan fingerprint density at radius 3 is 2.70 bits per heavy atom. The highest BCUT2D eigenvalue weighted by Gasteiger charge is 2.14. The van der Waals surface area contributed by atoms with Crippen LogP contribution >= 0.6 is 0 Å². The van der Waals surface area contributed by atoms with Gasteiger partial charge in [0.15, 0.2) is 0 Å². The molecular weight excluding hydrogens is 307 g/mol. The summed E-state index contributed by atoms with van der Waals surface area (Å²) in [4.78, 5) is 11.8. The van der Waals surface area contributed by atoms with Crippen LogP contribution in [0.2, 0.25) is 0 Å². The lowest BCUT2D eigenvalue weighted by molar-refractivity contribution is 0.126. The number of halogens is 3. The van der Waals surface area contributed by atoms with E-state index in [1.807, 2.05) is 0 Å². The molecule has 0 atom stereocenters. The van der Waals surface area contributed by atoms with Crippen molar-refractivity contribution >= 4 is 0 Å². The zero-order valence-corrected chi connectivity index (χ0v) is 12.4. The topological polar surface area (TPSA) is 31.2 Å². The fourth-order valence-corrected chi connectivity index (χ4v) is 2.07. The molecule has 0 amide bonds. The molecule has 1 aromatic heterocycles. The third-order valence-electron chi connectivity index (χ3n) is 3.07. The molecule has 0 aliphatic carbocycles. The number of hydrogen-bond donors (Lipinski definition) is 0. The average Bonchev–Trinajstić information content (AvgIpc) is 2.50. The molecule has 2 rings (SSSR count). The molecule has 0 spiro atoms. The van der Waals surface area contributed by atoms with Crippen LogP contribution in [0.3, 0.4) is 0 Å². The minimum atomic E-state index is -2.72. The van der Waals surface area contributed by atoms with E-state index in [1.54, 1.807) is 6.92 Å². The van der Waals surface area contributed by atoms with Crippen molar-refractivity contribution in [2.24, 2.45) is 0 Å².